The lowest BCUT2D eigenvalue weighted by atomic mass is 9.79. The first-order valence-corrected chi connectivity index (χ1v) is 7.74. The molecule has 6 heteroatoms. The van der Waals surface area contributed by atoms with Gasteiger partial charge < -0.3 is 12.9 Å². The third-order valence-corrected chi connectivity index (χ3v) is 4.10. The maximum Gasteiger partial charge on any atom is 0.513 e. The van der Waals surface area contributed by atoms with Crippen molar-refractivity contribution < 1.29 is 17.5 Å². The fourth-order valence-corrected chi connectivity index (χ4v) is 3.21. The molecular weight excluding hydrogens is 312 g/mol. The van der Waals surface area contributed by atoms with Gasteiger partial charge in [0.1, 0.15) is 23.8 Å². The van der Waals surface area contributed by atoms with Crippen molar-refractivity contribution in [2.75, 3.05) is 0 Å². The molecule has 0 aliphatic carbocycles. The zero-order valence-electron chi connectivity index (χ0n) is 13.8. The maximum atomic E-state index is 13.3. The van der Waals surface area contributed by atoms with Gasteiger partial charge in [-0.15, -0.1) is 0 Å². The Morgan fingerprint density at radius 1 is 0.958 bits per heavy atom. The van der Waals surface area contributed by atoms with Crippen LogP contribution in [0.1, 0.15) is 16.7 Å². The average Bonchev–Trinajstić information content (AvgIpc) is 2.94. The summed E-state index contributed by atoms with van der Waals surface area (Å²) >= 11 is 0. The number of halogens is 3. The average molecular weight is 330 g/mol. The molecule has 0 unspecified atom stereocenters. The van der Waals surface area contributed by atoms with Crippen LogP contribution in [0.25, 0.3) is 11.4 Å². The molecule has 0 aliphatic rings. The van der Waals surface area contributed by atoms with Gasteiger partial charge in [-0.3, -0.25) is 0 Å². The second-order valence-electron chi connectivity index (χ2n) is 6.11. The number of imidazole rings is 1. The topological polar surface area (TPSA) is 8.81 Å². The van der Waals surface area contributed by atoms with E-state index < -0.39 is 12.4 Å². The number of benzene rings is 2. The molecule has 0 spiro atoms. The Balaban J connectivity index is 2.11. The third-order valence-electron chi connectivity index (χ3n) is 4.10. The summed E-state index contributed by atoms with van der Waals surface area (Å²) in [5.41, 5.74) is 3.89. The molecule has 124 valence electrons. The minimum atomic E-state index is -5.06. The molecule has 0 saturated carbocycles. The molecule has 1 aromatic heterocycles. The van der Waals surface area contributed by atoms with Crippen LogP contribution in [0, 0.1) is 20.8 Å². The summed E-state index contributed by atoms with van der Waals surface area (Å²) in [6, 6.07) is 9.79. The van der Waals surface area contributed by atoms with E-state index >= 15 is 0 Å². The van der Waals surface area contributed by atoms with Gasteiger partial charge >= 0.3 is 6.98 Å². The Bertz CT molecular complexity index is 874. The first-order chi connectivity index (χ1) is 11.3. The van der Waals surface area contributed by atoms with E-state index in [1.807, 2.05) is 25.3 Å². The van der Waals surface area contributed by atoms with Crippen molar-refractivity contribution in [3.63, 3.8) is 0 Å². The molecule has 24 heavy (non-hydrogen) atoms. The summed E-state index contributed by atoms with van der Waals surface area (Å²) in [6.45, 7) is 0.978. The summed E-state index contributed by atoms with van der Waals surface area (Å²) in [7, 11) is 0. The van der Waals surface area contributed by atoms with Gasteiger partial charge in [0.05, 0.1) is 0 Å². The standard InChI is InChI=1S/C18H18BF3N2/c1-13-10-14(2)18(15(3)11-13)24-9-8-23(12-24)17-7-5-4-6-16(17)19(20,21)22/h4-12H,1-3H3. The molecule has 1 heterocycles. The van der Waals surface area contributed by atoms with Crippen molar-refractivity contribution in [3.8, 4) is 11.4 Å². The van der Waals surface area contributed by atoms with E-state index in [0.717, 1.165) is 22.9 Å². The predicted octanol–water partition coefficient (Wildman–Crippen LogP) is 3.73. The minimum absolute atomic E-state index is 0.145. The van der Waals surface area contributed by atoms with Crippen LogP contribution >= 0.6 is 0 Å². The van der Waals surface area contributed by atoms with Gasteiger partial charge in [0, 0.05) is 0 Å². The maximum absolute atomic E-state index is 13.3. The lowest BCUT2D eigenvalue weighted by molar-refractivity contribution is -0.595. The summed E-state index contributed by atoms with van der Waals surface area (Å²) in [5.74, 6) is 0. The molecule has 0 bridgehead atoms. The lowest BCUT2D eigenvalue weighted by Gasteiger charge is -2.16. The lowest BCUT2D eigenvalue weighted by Crippen LogP contribution is -2.37. The second-order valence-corrected chi connectivity index (χ2v) is 6.11. The van der Waals surface area contributed by atoms with Gasteiger partial charge in [0.2, 0.25) is 0 Å². The third kappa shape index (κ3) is 2.96. The number of nitrogens with zero attached hydrogens (tertiary/aromatic N) is 2. The Kier molecular flexibility index (Phi) is 3.99. The molecule has 0 atom stereocenters. The molecule has 2 nitrogen and oxygen atoms in total. The van der Waals surface area contributed by atoms with Gasteiger partial charge in [0.25, 0.3) is 6.33 Å². The van der Waals surface area contributed by atoms with Crippen LogP contribution in [0.4, 0.5) is 12.9 Å². The number of aryl methyl sites for hydroxylation is 3. The quantitative estimate of drug-likeness (QED) is 0.511. The Hall–Kier alpha value is -2.50. The number of para-hydroxylation sites is 1. The highest BCUT2D eigenvalue weighted by Gasteiger charge is 2.30. The van der Waals surface area contributed by atoms with Gasteiger partial charge in [0.15, 0.2) is 0 Å². The molecule has 2 aromatic carbocycles. The molecule has 0 N–H and O–H groups in total. The van der Waals surface area contributed by atoms with Crippen molar-refractivity contribution >= 4 is 12.4 Å². The van der Waals surface area contributed by atoms with Crippen LogP contribution < -0.4 is 10.0 Å². The monoisotopic (exact) mass is 330 g/mol. The first-order valence-electron chi connectivity index (χ1n) is 7.74. The van der Waals surface area contributed by atoms with E-state index in [9.17, 15) is 12.9 Å². The summed E-state index contributed by atoms with van der Waals surface area (Å²) in [5, 5.41) is 0. The SMILES string of the molecule is Cc1cc(C)c(-[n+]2ccn(-c3ccccc3[B-](F)(F)F)c2)c(C)c1. The highest BCUT2D eigenvalue weighted by molar-refractivity contribution is 6.74. The number of aromatic nitrogens is 2. The highest BCUT2D eigenvalue weighted by Crippen LogP contribution is 2.18. The molecule has 0 saturated heterocycles. The smallest absolute Gasteiger partial charge is 0.445 e. The van der Waals surface area contributed by atoms with Gasteiger partial charge in [-0.25, -0.2) is 9.13 Å². The minimum Gasteiger partial charge on any atom is -0.445 e. The normalized spacial score (nSPS) is 11.8. The van der Waals surface area contributed by atoms with Crippen molar-refractivity contribution in [1.29, 1.82) is 0 Å². The van der Waals surface area contributed by atoms with E-state index in [0.29, 0.717) is 0 Å². The summed E-state index contributed by atoms with van der Waals surface area (Å²) in [4.78, 5) is 0. The van der Waals surface area contributed by atoms with E-state index in [4.69, 9.17) is 0 Å². The van der Waals surface area contributed by atoms with Crippen LogP contribution in [0.2, 0.25) is 0 Å². The summed E-state index contributed by atoms with van der Waals surface area (Å²) < 4.78 is 43.2. The van der Waals surface area contributed by atoms with Crippen LogP contribution in [0.3, 0.4) is 0 Å². The van der Waals surface area contributed by atoms with Gasteiger partial charge in [-0.2, -0.15) is 0 Å². The van der Waals surface area contributed by atoms with Crippen molar-refractivity contribution in [2.24, 2.45) is 0 Å². The largest absolute Gasteiger partial charge is 0.513 e. The van der Waals surface area contributed by atoms with E-state index in [2.05, 4.69) is 12.1 Å². The van der Waals surface area contributed by atoms with E-state index in [1.54, 1.807) is 24.8 Å². The fraction of sp³-hybridized carbons (Fsp3) is 0.167. The highest BCUT2D eigenvalue weighted by atomic mass is 19.4. The molecular formula is C18H18BF3N2. The molecule has 0 amide bonds. The predicted molar refractivity (Wildman–Crippen MR) is 90.2 cm³/mol. The first kappa shape index (κ1) is 16.4. The molecule has 0 radical (unpaired) electrons. The number of rotatable bonds is 3. The van der Waals surface area contributed by atoms with Crippen molar-refractivity contribution in [3.05, 3.63) is 71.8 Å². The van der Waals surface area contributed by atoms with E-state index in [1.165, 1.54) is 22.3 Å². The van der Waals surface area contributed by atoms with Gasteiger partial charge in [-0.05, 0) is 38.0 Å². The van der Waals surface area contributed by atoms with Crippen LogP contribution in [0.15, 0.2) is 55.1 Å². The Labute approximate surface area is 139 Å². The fourth-order valence-electron chi connectivity index (χ4n) is 3.21. The zero-order valence-corrected chi connectivity index (χ0v) is 13.8. The van der Waals surface area contributed by atoms with E-state index in [-0.39, 0.29) is 5.69 Å². The second kappa shape index (κ2) is 5.85. The summed E-state index contributed by atoms with van der Waals surface area (Å²) in [6.07, 6.45) is 5.12. The number of hydrogen-bond donors (Lipinski definition) is 0. The van der Waals surface area contributed by atoms with Crippen LogP contribution in [-0.2, 0) is 0 Å². The molecule has 0 fully saturated rings. The van der Waals surface area contributed by atoms with Crippen molar-refractivity contribution in [2.45, 2.75) is 20.8 Å². The Morgan fingerprint density at radius 2 is 1.58 bits per heavy atom. The van der Waals surface area contributed by atoms with Gasteiger partial charge in [-0.1, -0.05) is 41.4 Å². The van der Waals surface area contributed by atoms with Crippen LogP contribution in [0.5, 0.6) is 0 Å². The van der Waals surface area contributed by atoms with Crippen LogP contribution in [-0.4, -0.2) is 11.5 Å². The molecule has 3 rings (SSSR count). The Morgan fingerprint density at radius 3 is 2.21 bits per heavy atom. The molecule has 3 aromatic rings. The van der Waals surface area contributed by atoms with Crippen molar-refractivity contribution in [1.82, 2.24) is 4.57 Å². The number of hydrogen-bond acceptors (Lipinski definition) is 0. The molecule has 0 aliphatic heterocycles. The zero-order chi connectivity index (χ0) is 17.5.